The van der Waals surface area contributed by atoms with E-state index < -0.39 is 11.2 Å². The van der Waals surface area contributed by atoms with Crippen LogP contribution in [0.25, 0.3) is 0 Å². The number of nitrogens with two attached hydrogens (primary N) is 1. The first-order chi connectivity index (χ1) is 16.5. The minimum Gasteiger partial charge on any atom is -0.490 e. The summed E-state index contributed by atoms with van der Waals surface area (Å²) in [6, 6.07) is 5.52. The molecule has 1 aromatic heterocycles. The second-order valence-corrected chi connectivity index (χ2v) is 9.70. The lowest BCUT2D eigenvalue weighted by atomic mass is 10.2. The number of fused-ring (bicyclic) bond motifs is 1. The first-order valence-corrected chi connectivity index (χ1v) is 12.9. The van der Waals surface area contributed by atoms with Gasteiger partial charge in [0.1, 0.15) is 5.82 Å². The van der Waals surface area contributed by atoms with Gasteiger partial charge in [-0.15, -0.1) is 11.8 Å². The Morgan fingerprint density at radius 2 is 1.91 bits per heavy atom. The molecule has 1 aliphatic heterocycles. The molecule has 0 saturated heterocycles. The fourth-order valence-electron chi connectivity index (χ4n) is 4.47. The Labute approximate surface area is 202 Å². The third-order valence-corrected chi connectivity index (χ3v) is 7.21. The number of unbranched alkanes of at least 4 members (excludes halogenated alkanes) is 1. The zero-order valence-electron chi connectivity index (χ0n) is 19.5. The van der Waals surface area contributed by atoms with Crippen molar-refractivity contribution in [3.8, 4) is 11.5 Å². The maximum atomic E-state index is 13.5. The predicted octanol–water partition coefficient (Wildman–Crippen LogP) is 3.15. The average Bonchev–Trinajstić information content (AvgIpc) is 3.24. The van der Waals surface area contributed by atoms with Gasteiger partial charge in [0.25, 0.3) is 5.56 Å². The number of rotatable bonds is 8. The SMILES string of the molecule is CCCCn1c(N)c(N(C(=O)CSc2ccc3c(c2)OCCCO3)C2CCCC2)c(=O)[nH]c1=O. The molecular formula is C24H32N4O5S. The maximum absolute atomic E-state index is 13.5. The third kappa shape index (κ3) is 5.27. The summed E-state index contributed by atoms with van der Waals surface area (Å²) in [6.45, 7) is 3.61. The van der Waals surface area contributed by atoms with Crippen LogP contribution in [0.1, 0.15) is 51.9 Å². The van der Waals surface area contributed by atoms with Gasteiger partial charge in [0, 0.05) is 23.9 Å². The number of anilines is 2. The lowest BCUT2D eigenvalue weighted by Gasteiger charge is -2.30. The minimum atomic E-state index is -0.615. The number of amides is 1. The van der Waals surface area contributed by atoms with Gasteiger partial charge in [0.2, 0.25) is 5.91 Å². The van der Waals surface area contributed by atoms with Crippen LogP contribution in [0.15, 0.2) is 32.7 Å². The Morgan fingerprint density at radius 1 is 1.18 bits per heavy atom. The van der Waals surface area contributed by atoms with Crippen molar-refractivity contribution in [3.63, 3.8) is 0 Å². The number of nitrogens with one attached hydrogen (secondary N) is 1. The molecule has 9 nitrogen and oxygen atoms in total. The van der Waals surface area contributed by atoms with Gasteiger partial charge in [-0.1, -0.05) is 26.2 Å². The van der Waals surface area contributed by atoms with Crippen LogP contribution < -0.4 is 31.4 Å². The molecule has 1 saturated carbocycles. The number of nitrogen functional groups attached to an aromatic ring is 1. The lowest BCUT2D eigenvalue weighted by Crippen LogP contribution is -2.46. The number of nitrogens with zero attached hydrogens (tertiary/aromatic N) is 2. The van der Waals surface area contributed by atoms with Crippen molar-refractivity contribution in [1.29, 1.82) is 0 Å². The Hall–Kier alpha value is -2.88. The van der Waals surface area contributed by atoms with Gasteiger partial charge < -0.3 is 20.1 Å². The molecule has 1 aromatic carbocycles. The van der Waals surface area contributed by atoms with Gasteiger partial charge in [0.15, 0.2) is 17.2 Å². The van der Waals surface area contributed by atoms with E-state index in [0.717, 1.165) is 49.8 Å². The van der Waals surface area contributed by atoms with Gasteiger partial charge >= 0.3 is 5.69 Å². The molecule has 1 amide bonds. The third-order valence-electron chi connectivity index (χ3n) is 6.23. The van der Waals surface area contributed by atoms with Gasteiger partial charge in [-0.05, 0) is 37.5 Å². The summed E-state index contributed by atoms with van der Waals surface area (Å²) in [6.07, 6.45) is 6.00. The number of ether oxygens (including phenoxy) is 2. The van der Waals surface area contributed by atoms with Crippen molar-refractivity contribution in [3.05, 3.63) is 39.0 Å². The second kappa shape index (κ2) is 11.0. The molecular weight excluding hydrogens is 456 g/mol. The maximum Gasteiger partial charge on any atom is 0.330 e. The molecule has 0 spiro atoms. The molecule has 1 fully saturated rings. The number of hydrogen-bond donors (Lipinski definition) is 2. The van der Waals surface area contributed by atoms with Crippen LogP contribution in [-0.4, -0.2) is 40.5 Å². The monoisotopic (exact) mass is 488 g/mol. The van der Waals surface area contributed by atoms with Crippen LogP contribution in [0, 0.1) is 0 Å². The Bertz CT molecular complexity index is 1140. The number of benzene rings is 1. The van der Waals surface area contributed by atoms with Crippen LogP contribution in [0.5, 0.6) is 11.5 Å². The van der Waals surface area contributed by atoms with E-state index in [0.29, 0.717) is 31.3 Å². The van der Waals surface area contributed by atoms with Crippen LogP contribution in [-0.2, 0) is 11.3 Å². The molecule has 0 unspecified atom stereocenters. The quantitative estimate of drug-likeness (QED) is 0.548. The highest BCUT2D eigenvalue weighted by molar-refractivity contribution is 8.00. The first-order valence-electron chi connectivity index (χ1n) is 12.0. The molecule has 4 rings (SSSR count). The number of carbonyl (C=O) groups is 1. The summed E-state index contributed by atoms with van der Waals surface area (Å²) >= 11 is 1.37. The number of carbonyl (C=O) groups excluding carboxylic acids is 1. The molecule has 1 aliphatic carbocycles. The molecule has 3 N–H and O–H groups in total. The predicted molar refractivity (Wildman–Crippen MR) is 133 cm³/mol. The summed E-state index contributed by atoms with van der Waals surface area (Å²) in [4.78, 5) is 43.6. The molecule has 0 radical (unpaired) electrons. The average molecular weight is 489 g/mol. The number of aromatic amines is 1. The normalized spacial score (nSPS) is 15.8. The van der Waals surface area contributed by atoms with Crippen LogP contribution in [0.3, 0.4) is 0 Å². The summed E-state index contributed by atoms with van der Waals surface area (Å²) in [5.41, 5.74) is 5.28. The number of H-pyrrole nitrogens is 1. The molecule has 34 heavy (non-hydrogen) atoms. The molecule has 2 heterocycles. The van der Waals surface area contributed by atoms with Crippen molar-refractivity contribution in [2.45, 2.75) is 69.4 Å². The van der Waals surface area contributed by atoms with E-state index >= 15 is 0 Å². The first kappa shape index (κ1) is 24.3. The Kier molecular flexibility index (Phi) is 7.87. The van der Waals surface area contributed by atoms with E-state index in [9.17, 15) is 14.4 Å². The fourth-order valence-corrected chi connectivity index (χ4v) is 5.25. The van der Waals surface area contributed by atoms with Gasteiger partial charge in [0.05, 0.1) is 19.0 Å². The van der Waals surface area contributed by atoms with Crippen molar-refractivity contribution in [1.82, 2.24) is 9.55 Å². The summed E-state index contributed by atoms with van der Waals surface area (Å²) in [5.74, 6) is 1.36. The van der Waals surface area contributed by atoms with Crippen molar-refractivity contribution >= 4 is 29.2 Å². The van der Waals surface area contributed by atoms with Gasteiger partial charge in [-0.2, -0.15) is 0 Å². The topological polar surface area (TPSA) is 120 Å². The zero-order chi connectivity index (χ0) is 24.1. The summed E-state index contributed by atoms with van der Waals surface area (Å²) < 4.78 is 12.8. The lowest BCUT2D eigenvalue weighted by molar-refractivity contribution is -0.116. The van der Waals surface area contributed by atoms with Crippen LogP contribution in [0.2, 0.25) is 0 Å². The standard InChI is InChI=1S/C24H32N4O5S/c1-2-3-11-27-22(25)21(23(30)26-24(27)31)28(16-7-4-5-8-16)20(29)15-34-17-9-10-18-19(14-17)33-13-6-12-32-18/h9-10,14,16H,2-8,11-13,15,25H2,1H3,(H,26,30,31). The highest BCUT2D eigenvalue weighted by Crippen LogP contribution is 2.35. The number of aromatic nitrogens is 2. The van der Waals surface area contributed by atoms with E-state index in [2.05, 4.69) is 4.98 Å². The smallest absolute Gasteiger partial charge is 0.330 e. The van der Waals surface area contributed by atoms with E-state index in [-0.39, 0.29) is 29.2 Å². The van der Waals surface area contributed by atoms with E-state index in [1.165, 1.54) is 16.3 Å². The van der Waals surface area contributed by atoms with E-state index in [1.54, 1.807) is 4.90 Å². The van der Waals surface area contributed by atoms with E-state index in [1.807, 2.05) is 25.1 Å². The minimum absolute atomic E-state index is 0.0584. The molecule has 0 atom stereocenters. The van der Waals surface area contributed by atoms with Crippen LogP contribution >= 0.6 is 11.8 Å². The highest BCUT2D eigenvalue weighted by Gasteiger charge is 2.32. The summed E-state index contributed by atoms with van der Waals surface area (Å²) in [5, 5.41) is 0. The molecule has 184 valence electrons. The van der Waals surface area contributed by atoms with Gasteiger partial charge in [-0.25, -0.2) is 4.79 Å². The van der Waals surface area contributed by atoms with Gasteiger partial charge in [-0.3, -0.25) is 19.1 Å². The largest absolute Gasteiger partial charge is 0.490 e. The Balaban J connectivity index is 1.60. The van der Waals surface area contributed by atoms with Crippen LogP contribution in [0.4, 0.5) is 11.5 Å². The summed E-state index contributed by atoms with van der Waals surface area (Å²) in [7, 11) is 0. The molecule has 2 aliphatic rings. The van der Waals surface area contributed by atoms with Crippen molar-refractivity contribution in [2.75, 3.05) is 29.6 Å². The highest BCUT2D eigenvalue weighted by atomic mass is 32.2. The van der Waals surface area contributed by atoms with E-state index in [4.69, 9.17) is 15.2 Å². The zero-order valence-corrected chi connectivity index (χ0v) is 20.3. The molecule has 0 bridgehead atoms. The molecule has 10 heteroatoms. The number of thioether (sulfide) groups is 1. The fraction of sp³-hybridized carbons (Fsp3) is 0.542. The number of hydrogen-bond acceptors (Lipinski definition) is 7. The Morgan fingerprint density at radius 3 is 2.65 bits per heavy atom. The van der Waals surface area contributed by atoms with Crippen molar-refractivity contribution in [2.24, 2.45) is 0 Å². The second-order valence-electron chi connectivity index (χ2n) is 8.65. The van der Waals surface area contributed by atoms with Crippen molar-refractivity contribution < 1.29 is 14.3 Å². The molecule has 2 aromatic rings.